The van der Waals surface area contributed by atoms with Crippen molar-refractivity contribution in [3.63, 3.8) is 0 Å². The minimum atomic E-state index is -0.0117. The number of aryl methyl sites for hydroxylation is 1. The maximum absolute atomic E-state index is 9.40. The minimum absolute atomic E-state index is 0.0117. The van der Waals surface area contributed by atoms with E-state index < -0.39 is 0 Å². The van der Waals surface area contributed by atoms with Crippen molar-refractivity contribution in [1.29, 1.82) is 5.26 Å². The zero-order valence-corrected chi connectivity index (χ0v) is 19.7. The molecule has 4 heterocycles. The van der Waals surface area contributed by atoms with E-state index in [-0.39, 0.29) is 6.04 Å². The van der Waals surface area contributed by atoms with E-state index in [2.05, 4.69) is 50.4 Å². The first-order chi connectivity index (χ1) is 16.0. The lowest BCUT2D eigenvalue weighted by Gasteiger charge is -2.43. The maximum atomic E-state index is 9.40. The Morgan fingerprint density at radius 1 is 1.09 bits per heavy atom. The normalized spacial score (nSPS) is 18.1. The number of benzene rings is 1. The number of nitrogens with one attached hydrogen (secondary N) is 1. The first-order valence-electron chi connectivity index (χ1n) is 11.9. The van der Waals surface area contributed by atoms with E-state index >= 15 is 0 Å². The van der Waals surface area contributed by atoms with Gasteiger partial charge >= 0.3 is 0 Å². The molecule has 0 radical (unpaired) electrons. The SMILES string of the molecule is Cc1c(C#N)cccc1[C@@H](C)Nc1nnc(C)c2cnc(N3CCC(N4CCC4)CC3)cc12. The van der Waals surface area contributed by atoms with E-state index in [1.807, 2.05) is 32.2 Å². The van der Waals surface area contributed by atoms with Gasteiger partial charge < -0.3 is 15.1 Å². The third-order valence-electron chi connectivity index (χ3n) is 7.35. The fourth-order valence-corrected chi connectivity index (χ4v) is 5.13. The molecule has 0 spiro atoms. The van der Waals surface area contributed by atoms with Crippen molar-refractivity contribution in [2.45, 2.75) is 52.1 Å². The maximum Gasteiger partial charge on any atom is 0.157 e. The lowest BCUT2D eigenvalue weighted by molar-refractivity contribution is 0.100. The van der Waals surface area contributed by atoms with E-state index in [0.29, 0.717) is 5.56 Å². The van der Waals surface area contributed by atoms with Gasteiger partial charge in [0.05, 0.1) is 23.4 Å². The summed E-state index contributed by atoms with van der Waals surface area (Å²) >= 11 is 0. The molecule has 1 aromatic carbocycles. The Hall–Kier alpha value is -3.24. The number of fused-ring (bicyclic) bond motifs is 1. The lowest BCUT2D eigenvalue weighted by atomic mass is 9.98. The number of hydrogen-bond acceptors (Lipinski definition) is 7. The largest absolute Gasteiger partial charge is 0.362 e. The summed E-state index contributed by atoms with van der Waals surface area (Å²) < 4.78 is 0. The van der Waals surface area contributed by atoms with Crippen molar-refractivity contribution in [3.05, 3.63) is 52.8 Å². The second-order valence-corrected chi connectivity index (χ2v) is 9.33. The van der Waals surface area contributed by atoms with Crippen molar-refractivity contribution in [2.24, 2.45) is 0 Å². The number of nitriles is 1. The highest BCUT2D eigenvalue weighted by atomic mass is 15.2. The molecule has 2 fully saturated rings. The topological polar surface area (TPSA) is 81.0 Å². The molecule has 33 heavy (non-hydrogen) atoms. The Morgan fingerprint density at radius 3 is 2.58 bits per heavy atom. The smallest absolute Gasteiger partial charge is 0.157 e. The van der Waals surface area contributed by atoms with Gasteiger partial charge in [-0.2, -0.15) is 10.4 Å². The molecule has 1 atom stereocenters. The predicted molar refractivity (Wildman–Crippen MR) is 131 cm³/mol. The highest BCUT2D eigenvalue weighted by Gasteiger charge is 2.28. The molecule has 2 aromatic heterocycles. The summed E-state index contributed by atoms with van der Waals surface area (Å²) in [4.78, 5) is 9.82. The van der Waals surface area contributed by atoms with Crippen LogP contribution in [0, 0.1) is 25.2 Å². The van der Waals surface area contributed by atoms with E-state index in [1.165, 1.54) is 32.4 Å². The molecule has 0 aliphatic carbocycles. The predicted octanol–water partition coefficient (Wildman–Crippen LogP) is 4.36. The fourth-order valence-electron chi connectivity index (χ4n) is 5.13. The molecule has 3 aromatic rings. The first-order valence-corrected chi connectivity index (χ1v) is 11.9. The van der Waals surface area contributed by atoms with Crippen molar-refractivity contribution in [2.75, 3.05) is 36.4 Å². The lowest BCUT2D eigenvalue weighted by Crippen LogP contribution is -2.50. The molecule has 2 aliphatic heterocycles. The number of rotatable bonds is 5. The number of anilines is 2. The van der Waals surface area contributed by atoms with Crippen LogP contribution >= 0.6 is 0 Å². The third kappa shape index (κ3) is 4.11. The monoisotopic (exact) mass is 441 g/mol. The van der Waals surface area contributed by atoms with Crippen molar-refractivity contribution >= 4 is 22.4 Å². The van der Waals surface area contributed by atoms with Crippen molar-refractivity contribution in [3.8, 4) is 6.07 Å². The molecule has 1 N–H and O–H groups in total. The summed E-state index contributed by atoms with van der Waals surface area (Å²) in [6, 6.07) is 11.0. The molecule has 0 amide bonds. The molecule has 2 aliphatic rings. The second kappa shape index (κ2) is 8.95. The van der Waals surface area contributed by atoms with Crippen LogP contribution in [-0.4, -0.2) is 52.3 Å². The number of likely N-dealkylation sites (tertiary alicyclic amines) is 1. The van der Waals surface area contributed by atoms with Crippen LogP contribution in [0.2, 0.25) is 0 Å². The Bertz CT molecular complexity index is 1200. The van der Waals surface area contributed by atoms with E-state index in [9.17, 15) is 5.26 Å². The molecular weight excluding hydrogens is 410 g/mol. The van der Waals surface area contributed by atoms with Crippen molar-refractivity contribution < 1.29 is 0 Å². The summed E-state index contributed by atoms with van der Waals surface area (Å²) in [6.07, 6.45) is 5.68. The number of pyridine rings is 1. The van der Waals surface area contributed by atoms with E-state index in [0.717, 1.165) is 58.4 Å². The van der Waals surface area contributed by atoms with Crippen molar-refractivity contribution in [1.82, 2.24) is 20.1 Å². The van der Waals surface area contributed by atoms with Gasteiger partial charge in [-0.05, 0) is 76.4 Å². The van der Waals surface area contributed by atoms with Crippen LogP contribution in [0.15, 0.2) is 30.5 Å². The average molecular weight is 442 g/mol. The van der Waals surface area contributed by atoms with Gasteiger partial charge in [0.2, 0.25) is 0 Å². The van der Waals surface area contributed by atoms with Crippen LogP contribution in [0.1, 0.15) is 54.6 Å². The molecular formula is C26H31N7. The molecule has 7 nitrogen and oxygen atoms in total. The molecule has 0 saturated carbocycles. The van der Waals surface area contributed by atoms with Gasteiger partial charge in [-0.15, -0.1) is 5.10 Å². The van der Waals surface area contributed by atoms with Gasteiger partial charge in [0.25, 0.3) is 0 Å². The van der Waals surface area contributed by atoms with Crippen LogP contribution in [0.3, 0.4) is 0 Å². The molecule has 170 valence electrons. The number of hydrogen-bond donors (Lipinski definition) is 1. The molecule has 5 rings (SSSR count). The second-order valence-electron chi connectivity index (χ2n) is 9.33. The Labute approximate surface area is 195 Å². The van der Waals surface area contributed by atoms with Crippen LogP contribution in [0.4, 0.5) is 11.6 Å². The van der Waals surface area contributed by atoms with E-state index in [1.54, 1.807) is 0 Å². The average Bonchev–Trinajstić information content (AvgIpc) is 2.80. The zero-order valence-electron chi connectivity index (χ0n) is 19.7. The standard InChI is InChI=1S/C26H31N7/c1-17-20(15-27)6-4-7-22(17)18(2)29-26-23-14-25(28-16-24(23)19(3)30-31-26)33-12-8-21(9-13-33)32-10-5-11-32/h4,6-7,14,16,18,21H,5,8-13H2,1-3H3,(H,29,31)/t18-/m1/s1. The fraction of sp³-hybridized carbons (Fsp3) is 0.462. The third-order valence-corrected chi connectivity index (χ3v) is 7.35. The molecule has 0 unspecified atom stereocenters. The summed E-state index contributed by atoms with van der Waals surface area (Å²) in [6.45, 7) is 10.7. The number of nitrogens with zero attached hydrogens (tertiary/aromatic N) is 6. The zero-order chi connectivity index (χ0) is 22.9. The molecule has 7 heteroatoms. The Kier molecular flexibility index (Phi) is 5.86. The number of aromatic nitrogens is 3. The summed E-state index contributed by atoms with van der Waals surface area (Å²) in [5.41, 5.74) is 3.67. The first kappa shape index (κ1) is 21.6. The highest BCUT2D eigenvalue weighted by Crippen LogP contribution is 2.31. The highest BCUT2D eigenvalue weighted by molar-refractivity contribution is 5.94. The molecule has 2 saturated heterocycles. The van der Waals surface area contributed by atoms with Gasteiger partial charge in [-0.25, -0.2) is 4.98 Å². The van der Waals surface area contributed by atoms with Gasteiger partial charge in [0.1, 0.15) is 5.82 Å². The van der Waals surface area contributed by atoms with Crippen LogP contribution < -0.4 is 10.2 Å². The van der Waals surface area contributed by atoms with Gasteiger partial charge in [0.15, 0.2) is 5.82 Å². The summed E-state index contributed by atoms with van der Waals surface area (Å²) in [5.74, 6) is 1.76. The molecule has 0 bridgehead atoms. The quantitative estimate of drug-likeness (QED) is 0.630. The van der Waals surface area contributed by atoms with Gasteiger partial charge in [-0.3, -0.25) is 0 Å². The van der Waals surface area contributed by atoms with Gasteiger partial charge in [0, 0.05) is 36.1 Å². The van der Waals surface area contributed by atoms with Crippen LogP contribution in [0.25, 0.3) is 10.8 Å². The summed E-state index contributed by atoms with van der Waals surface area (Å²) in [7, 11) is 0. The van der Waals surface area contributed by atoms with Crippen LogP contribution in [-0.2, 0) is 0 Å². The van der Waals surface area contributed by atoms with E-state index in [4.69, 9.17) is 4.98 Å². The van der Waals surface area contributed by atoms with Gasteiger partial charge in [-0.1, -0.05) is 12.1 Å². The minimum Gasteiger partial charge on any atom is -0.362 e. The Morgan fingerprint density at radius 2 is 1.88 bits per heavy atom. The number of piperidine rings is 1. The van der Waals surface area contributed by atoms with Crippen LogP contribution in [0.5, 0.6) is 0 Å². The summed E-state index contributed by atoms with van der Waals surface area (Å²) in [5, 5.41) is 23.9. The Balaban J connectivity index is 1.41.